The van der Waals surface area contributed by atoms with E-state index in [1.165, 1.54) is 21.0 Å². The molecule has 464 valence electrons. The van der Waals surface area contributed by atoms with Crippen LogP contribution >= 0.6 is 0 Å². The Bertz CT molecular complexity index is 3520. The van der Waals surface area contributed by atoms with Crippen LogP contribution in [0.3, 0.4) is 0 Å². The molecule has 4 atom stereocenters. The summed E-state index contributed by atoms with van der Waals surface area (Å²) < 4.78 is 240. The van der Waals surface area contributed by atoms with Gasteiger partial charge in [-0.1, -0.05) is 24.3 Å². The monoisotopic (exact) mass is 1200 g/mol. The zero-order chi connectivity index (χ0) is 77.5. The molecule has 4 fully saturated rings. The third-order valence-electron chi connectivity index (χ3n) is 15.7. The predicted molar refractivity (Wildman–Crippen MR) is 307 cm³/mol. The minimum Gasteiger partial charge on any atom is -0.478 e. The molecule has 1 N–H and O–H groups in total. The molecule has 8 rings (SSSR count). The lowest BCUT2D eigenvalue weighted by atomic mass is 9.86. The van der Waals surface area contributed by atoms with Crippen molar-refractivity contribution in [1.29, 1.82) is 0 Å². The number of aromatic carboxylic acids is 1. The highest BCUT2D eigenvalue weighted by molar-refractivity contribution is 5.96. The van der Waals surface area contributed by atoms with E-state index in [-0.39, 0.29) is 67.6 Å². The molecular weight excluding hydrogens is 1100 g/mol. The van der Waals surface area contributed by atoms with Crippen molar-refractivity contribution in [3.8, 4) is 0 Å². The molecule has 0 bridgehead atoms. The Kier molecular flexibility index (Phi) is 15.2. The van der Waals surface area contributed by atoms with Crippen molar-refractivity contribution in [2.24, 2.45) is 0 Å². The number of carbonyl (C=O) groups is 3. The summed E-state index contributed by atoms with van der Waals surface area (Å²) in [5, 5.41) is 8.67. The summed E-state index contributed by atoms with van der Waals surface area (Å²) in [7, 11) is -6.46. The van der Waals surface area contributed by atoms with Crippen LogP contribution in [0.2, 0.25) is 0 Å². The van der Waals surface area contributed by atoms with Gasteiger partial charge in [0.25, 0.3) is 5.91 Å². The Hall–Kier alpha value is -5.85. The van der Waals surface area contributed by atoms with Crippen LogP contribution in [0.1, 0.15) is 177 Å². The van der Waals surface area contributed by atoms with Crippen LogP contribution in [-0.2, 0) is 26.6 Å². The number of amides is 2. The maximum Gasteiger partial charge on any atom is 0.416 e. The second-order valence-electron chi connectivity index (χ2n) is 22.7. The molecule has 0 radical (unpaired) electrons. The number of hydrogen-bond acceptors (Lipinski definition) is 14. The summed E-state index contributed by atoms with van der Waals surface area (Å²) in [6.45, 7) is 6.62. The molecule has 6 heterocycles. The standard InChI is InChI=1S/C28H38F3N5O2.C26H40F3N3O3.C7H8N2O2/c1-19-16-35(14-15-36(19)24(17-38-5)22-6-8-23(9-7-22)28(29,30)31)27(4)10-12-34(13-11-27)26(37)25-20(2)32-18-33-21(25)3;1-19-17-31(25(5)11-13-30(14-12-25)23(33)35-24(2,3)4)15-16-32(19)22(18-34-6)20-7-9-21(10-8-20)26(27,28)29;1-4-6(7(10)11)5(2)9-3-8-4/h6-9,18-19,24H,10-17H2,1-5H3;7-10,19,22H,11-18H2,1-6H3;3H,1-2H3,(H,10,11)/t19-,24-;19-,22-;/m00./s1/i2D3,3D3,5D3,17D2,24D;6D3,18D2,22D;. The van der Waals surface area contributed by atoms with Crippen molar-refractivity contribution < 1.29 is 84.7 Å². The lowest BCUT2D eigenvalue weighted by Gasteiger charge is -2.52. The van der Waals surface area contributed by atoms with Gasteiger partial charge in [0.15, 0.2) is 0 Å². The van der Waals surface area contributed by atoms with E-state index in [9.17, 15) is 43.5 Å². The van der Waals surface area contributed by atoms with E-state index in [1.54, 1.807) is 32.6 Å². The number of aromatic nitrogens is 4. The van der Waals surface area contributed by atoms with E-state index in [2.05, 4.69) is 36.7 Å². The summed E-state index contributed by atoms with van der Waals surface area (Å²) in [5.41, 5.74) is -4.55. The Balaban J connectivity index is 0.000000282. The van der Waals surface area contributed by atoms with Crippen LogP contribution in [0.5, 0.6) is 0 Å². The Morgan fingerprint density at radius 3 is 1.33 bits per heavy atom. The zero-order valence-electron chi connectivity index (χ0n) is 66.5. The molecule has 17 nitrogen and oxygen atoms in total. The van der Waals surface area contributed by atoms with E-state index < -0.39 is 128 Å². The van der Waals surface area contributed by atoms with Crippen molar-refractivity contribution in [2.75, 3.05) is 92.6 Å². The van der Waals surface area contributed by atoms with Crippen LogP contribution in [0.4, 0.5) is 31.1 Å². The smallest absolute Gasteiger partial charge is 0.416 e. The van der Waals surface area contributed by atoms with Gasteiger partial charge in [-0.15, -0.1) is 0 Å². The number of piperazine rings is 2. The summed E-state index contributed by atoms with van der Waals surface area (Å²) in [5.74, 6) is -1.80. The molecule has 2 amide bonds. The third kappa shape index (κ3) is 17.0. The number of carboxylic acids is 1. The first-order valence-electron chi connectivity index (χ1n) is 36.2. The Morgan fingerprint density at radius 1 is 0.631 bits per heavy atom. The molecule has 84 heavy (non-hydrogen) atoms. The highest BCUT2D eigenvalue weighted by Gasteiger charge is 2.44. The van der Waals surface area contributed by atoms with Crippen molar-refractivity contribution >= 4 is 18.0 Å². The van der Waals surface area contributed by atoms with Gasteiger partial charge in [0.05, 0.1) is 81.1 Å². The van der Waals surface area contributed by atoms with Gasteiger partial charge >= 0.3 is 24.4 Å². The van der Waals surface area contributed by atoms with Crippen LogP contribution in [0.25, 0.3) is 0 Å². The number of rotatable bonds is 12. The minimum atomic E-state index is -4.70. The summed E-state index contributed by atoms with van der Waals surface area (Å²) in [6.07, 6.45) is -5.50. The first-order chi connectivity index (χ1) is 46.2. The summed E-state index contributed by atoms with van der Waals surface area (Å²) >= 11 is 0. The molecule has 0 spiro atoms. The molecule has 2 aromatic carbocycles. The number of methoxy groups -OCH3 is 2. The summed E-state index contributed by atoms with van der Waals surface area (Å²) in [6, 6.07) is 0.578. The average Bonchev–Trinajstić information content (AvgIpc) is 0.739. The van der Waals surface area contributed by atoms with E-state index in [1.807, 2.05) is 27.7 Å². The molecule has 4 aromatic rings. The fraction of sp³-hybridized carbons (Fsp3) is 0.623. The van der Waals surface area contributed by atoms with Crippen LogP contribution in [0.15, 0.2) is 61.2 Å². The lowest BCUT2D eigenvalue weighted by Crippen LogP contribution is -2.62. The average molecular weight is 1200 g/mol. The molecule has 0 saturated carbocycles. The number of halogens is 6. The van der Waals surface area contributed by atoms with Gasteiger partial charge in [-0.25, -0.2) is 29.5 Å². The maximum atomic E-state index is 13.7. The molecule has 4 aliphatic rings. The topological polar surface area (TPSA) is 170 Å². The van der Waals surface area contributed by atoms with E-state index in [0.29, 0.717) is 75.4 Å². The fourth-order valence-corrected chi connectivity index (χ4v) is 10.8. The zero-order valence-corrected chi connectivity index (χ0v) is 48.5. The second kappa shape index (κ2) is 28.1. The number of benzene rings is 2. The minimum absolute atomic E-state index is 0.0148. The van der Waals surface area contributed by atoms with E-state index in [0.717, 1.165) is 42.7 Å². The van der Waals surface area contributed by atoms with Gasteiger partial charge in [0, 0.05) is 111 Å². The molecule has 0 unspecified atom stereocenters. The molecule has 0 aliphatic carbocycles. The number of carbonyl (C=O) groups excluding carboxylic acids is 2. The summed E-state index contributed by atoms with van der Waals surface area (Å²) in [4.78, 5) is 61.9. The fourth-order valence-electron chi connectivity index (χ4n) is 10.8. The number of alkyl halides is 6. The van der Waals surface area contributed by atoms with Gasteiger partial charge in [-0.2, -0.15) is 26.3 Å². The number of likely N-dealkylation sites (tertiary alicyclic amines) is 2. The van der Waals surface area contributed by atoms with Gasteiger partial charge < -0.3 is 29.1 Å². The van der Waals surface area contributed by atoms with Crippen LogP contribution in [-0.4, -0.2) is 194 Å². The molecule has 4 aliphatic heterocycles. The van der Waals surface area contributed by atoms with Crippen molar-refractivity contribution in [1.82, 2.24) is 49.3 Å². The molecule has 23 heteroatoms. The lowest BCUT2D eigenvalue weighted by molar-refractivity contribution is -0.138. The number of hydrogen-bond donors (Lipinski definition) is 1. The van der Waals surface area contributed by atoms with Gasteiger partial charge in [0.1, 0.15) is 23.8 Å². The third-order valence-corrected chi connectivity index (χ3v) is 15.7. The predicted octanol–water partition coefficient (Wildman–Crippen LogP) is 10.5. The first-order valence-corrected chi connectivity index (χ1v) is 27.2. The highest BCUT2D eigenvalue weighted by Crippen LogP contribution is 2.38. The number of carboxylic acid groups (broad SMARTS) is 1. The van der Waals surface area contributed by atoms with Crippen molar-refractivity contribution in [3.05, 3.63) is 117 Å². The van der Waals surface area contributed by atoms with E-state index >= 15 is 0 Å². The molecular formula is C61H86F6N10O7. The Labute approximate surface area is 516 Å². The van der Waals surface area contributed by atoms with Gasteiger partial charge in [0.2, 0.25) is 0 Å². The van der Waals surface area contributed by atoms with E-state index in [4.69, 9.17) is 41.2 Å². The molecule has 2 aromatic heterocycles. The van der Waals surface area contributed by atoms with Gasteiger partial charge in [-0.05, 0) is 137 Å². The highest BCUT2D eigenvalue weighted by atomic mass is 19.4. The molecule has 4 saturated heterocycles. The number of ether oxygens (including phenoxy) is 3. The number of nitrogens with zero attached hydrogens (tertiary/aromatic N) is 10. The quantitative estimate of drug-likeness (QED) is 0.133. The van der Waals surface area contributed by atoms with Crippen LogP contribution in [0, 0.1) is 27.6 Å². The largest absolute Gasteiger partial charge is 0.478 e. The van der Waals surface area contributed by atoms with Crippen LogP contribution < -0.4 is 0 Å². The maximum absolute atomic E-state index is 13.7. The number of aryl methyl sites for hydroxylation is 4. The number of piperidine rings is 2. The second-order valence-corrected chi connectivity index (χ2v) is 22.7. The Morgan fingerprint density at radius 2 is 1.01 bits per heavy atom. The first kappa shape index (κ1) is 45.5. The normalized spacial score (nSPS) is 25.7. The SMILES string of the molecule is Cc1ncnc(C)c1C(=O)O.[2H]C([2H])([2H])OC([2H])([2H])[C@@]([2H])(c1ccc(C(F)(F)F)cc1)N1CCN(C2(C)CCN(C(=O)OC(C)(C)C)CC2)C[C@@H]1C.[2H]C([2H])([2H])OC([2H])([2H])[C@@]([2H])(c1ccc(C(F)(F)F)cc1)N1CCN(C2(C)CCN(C(=O)c3c(C([2H])([2H])[2H])ncnc3C([2H])([2H])[2H])CC2)C[C@@H]1C. The van der Waals surface area contributed by atoms with Crippen molar-refractivity contribution in [3.63, 3.8) is 0 Å². The van der Waals surface area contributed by atoms with Crippen molar-refractivity contribution in [2.45, 2.75) is 155 Å². The van der Waals surface area contributed by atoms with Gasteiger partial charge in [-0.3, -0.25) is 24.4 Å².